The molecule has 1 aromatic heterocycles. The van der Waals surface area contributed by atoms with E-state index in [-0.39, 0.29) is 5.69 Å². The summed E-state index contributed by atoms with van der Waals surface area (Å²) >= 11 is 0. The highest BCUT2D eigenvalue weighted by molar-refractivity contribution is 6.01. The highest BCUT2D eigenvalue weighted by Crippen LogP contribution is 2.30. The van der Waals surface area contributed by atoms with Gasteiger partial charge < -0.3 is 11.1 Å². The lowest BCUT2D eigenvalue weighted by molar-refractivity contribution is 0.586. The van der Waals surface area contributed by atoms with Gasteiger partial charge in [0, 0.05) is 28.7 Å². The first-order valence-corrected chi connectivity index (χ1v) is 6.42. The Morgan fingerprint density at radius 3 is 2.62 bits per heavy atom. The van der Waals surface area contributed by atoms with E-state index in [1.54, 1.807) is 6.20 Å². The van der Waals surface area contributed by atoms with Crippen molar-refractivity contribution in [1.29, 1.82) is 0 Å². The molecule has 0 amide bonds. The van der Waals surface area contributed by atoms with Gasteiger partial charge >= 0.3 is 0 Å². The summed E-state index contributed by atoms with van der Waals surface area (Å²) in [6.45, 7) is 1.92. The van der Waals surface area contributed by atoms with Gasteiger partial charge in [-0.3, -0.25) is 0 Å². The molecule has 0 aliphatic rings. The van der Waals surface area contributed by atoms with E-state index in [9.17, 15) is 8.78 Å². The summed E-state index contributed by atoms with van der Waals surface area (Å²) < 4.78 is 26.7. The zero-order chi connectivity index (χ0) is 15.0. The first-order valence-electron chi connectivity index (χ1n) is 6.42. The Bertz CT molecular complexity index is 831. The maximum absolute atomic E-state index is 13.7. The van der Waals surface area contributed by atoms with Gasteiger partial charge in [-0.05, 0) is 30.7 Å². The minimum Gasteiger partial charge on any atom is -0.398 e. The van der Waals surface area contributed by atoms with Gasteiger partial charge in [-0.1, -0.05) is 12.1 Å². The number of aromatic nitrogens is 1. The summed E-state index contributed by atoms with van der Waals surface area (Å²) in [4.78, 5) is 4.21. The molecule has 0 saturated heterocycles. The predicted molar refractivity (Wildman–Crippen MR) is 80.5 cm³/mol. The van der Waals surface area contributed by atoms with Gasteiger partial charge in [0.15, 0.2) is 0 Å². The monoisotopic (exact) mass is 285 g/mol. The smallest absolute Gasteiger partial charge is 0.149 e. The average molecular weight is 285 g/mol. The molecular weight excluding hydrogens is 272 g/mol. The van der Waals surface area contributed by atoms with Crippen LogP contribution in [0.5, 0.6) is 0 Å². The molecule has 0 radical (unpaired) electrons. The molecule has 5 heteroatoms. The van der Waals surface area contributed by atoms with Crippen LogP contribution >= 0.6 is 0 Å². The van der Waals surface area contributed by atoms with Crippen LogP contribution in [0, 0.1) is 18.6 Å². The van der Waals surface area contributed by atoms with Crippen LogP contribution in [0.15, 0.2) is 42.6 Å². The maximum atomic E-state index is 13.7. The van der Waals surface area contributed by atoms with Crippen molar-refractivity contribution in [2.24, 2.45) is 0 Å². The topological polar surface area (TPSA) is 50.9 Å². The molecule has 3 N–H and O–H groups in total. The maximum Gasteiger partial charge on any atom is 0.149 e. The molecule has 0 saturated carbocycles. The zero-order valence-electron chi connectivity index (χ0n) is 11.3. The van der Waals surface area contributed by atoms with Crippen LogP contribution in [0.4, 0.5) is 26.0 Å². The van der Waals surface area contributed by atoms with Crippen molar-refractivity contribution in [1.82, 2.24) is 4.98 Å². The van der Waals surface area contributed by atoms with E-state index in [0.29, 0.717) is 11.5 Å². The van der Waals surface area contributed by atoms with Gasteiger partial charge in [0.1, 0.15) is 17.5 Å². The molecule has 106 valence electrons. The second kappa shape index (κ2) is 5.01. The Morgan fingerprint density at radius 1 is 1.05 bits per heavy atom. The Kier molecular flexibility index (Phi) is 3.17. The molecule has 1 heterocycles. The molecule has 0 bridgehead atoms. The SMILES string of the molecule is Cc1ccc2c(Nc3ccc(F)cc3F)nccc2c1N. The van der Waals surface area contributed by atoms with E-state index in [1.165, 1.54) is 12.1 Å². The lowest BCUT2D eigenvalue weighted by Gasteiger charge is -2.12. The molecule has 0 spiro atoms. The van der Waals surface area contributed by atoms with Crippen molar-refractivity contribution in [3.63, 3.8) is 0 Å². The highest BCUT2D eigenvalue weighted by atomic mass is 19.1. The summed E-state index contributed by atoms with van der Waals surface area (Å²) in [6.07, 6.45) is 1.60. The fourth-order valence-electron chi connectivity index (χ4n) is 2.21. The number of nitrogen functional groups attached to an aromatic ring is 1. The second-order valence-corrected chi connectivity index (χ2v) is 4.80. The summed E-state index contributed by atoms with van der Waals surface area (Å²) in [7, 11) is 0. The van der Waals surface area contributed by atoms with Crippen LogP contribution in [0.3, 0.4) is 0 Å². The molecule has 0 fully saturated rings. The number of aryl methyl sites for hydroxylation is 1. The number of fused-ring (bicyclic) bond motifs is 1. The number of nitrogens with two attached hydrogens (primary N) is 1. The number of rotatable bonds is 2. The predicted octanol–water partition coefficient (Wildman–Crippen LogP) is 4.15. The van der Waals surface area contributed by atoms with Crippen LogP contribution < -0.4 is 11.1 Å². The molecule has 0 aliphatic carbocycles. The third-order valence-corrected chi connectivity index (χ3v) is 3.39. The molecule has 0 unspecified atom stereocenters. The fourth-order valence-corrected chi connectivity index (χ4v) is 2.21. The van der Waals surface area contributed by atoms with Crippen molar-refractivity contribution in [2.45, 2.75) is 6.92 Å². The first kappa shape index (κ1) is 13.3. The number of hydrogen-bond donors (Lipinski definition) is 2. The minimum absolute atomic E-state index is 0.163. The Hall–Kier alpha value is -2.69. The van der Waals surface area contributed by atoms with Crippen molar-refractivity contribution in [3.05, 3.63) is 59.8 Å². The largest absolute Gasteiger partial charge is 0.398 e. The van der Waals surface area contributed by atoms with Crippen LogP contribution in [0.1, 0.15) is 5.56 Å². The minimum atomic E-state index is -0.672. The van der Waals surface area contributed by atoms with Gasteiger partial charge in [-0.25, -0.2) is 13.8 Å². The van der Waals surface area contributed by atoms with Crippen molar-refractivity contribution in [3.8, 4) is 0 Å². The van der Waals surface area contributed by atoms with E-state index in [1.807, 2.05) is 25.1 Å². The standard InChI is InChI=1S/C16H13F2N3/c1-9-2-4-12-11(15(9)19)6-7-20-16(12)21-14-5-3-10(17)8-13(14)18/h2-8H,19H2,1H3,(H,20,21). The van der Waals surface area contributed by atoms with Crippen LogP contribution in [-0.4, -0.2) is 4.98 Å². The molecule has 21 heavy (non-hydrogen) atoms. The van der Waals surface area contributed by atoms with E-state index in [0.717, 1.165) is 22.4 Å². The number of nitrogens with one attached hydrogen (secondary N) is 1. The summed E-state index contributed by atoms with van der Waals surface area (Å²) in [5, 5.41) is 4.51. The van der Waals surface area contributed by atoms with Gasteiger partial charge in [0.2, 0.25) is 0 Å². The number of pyridine rings is 1. The number of nitrogens with zero attached hydrogens (tertiary/aromatic N) is 1. The van der Waals surface area contributed by atoms with Crippen LogP contribution in [0.2, 0.25) is 0 Å². The Balaban J connectivity index is 2.11. The Morgan fingerprint density at radius 2 is 1.86 bits per heavy atom. The summed E-state index contributed by atoms with van der Waals surface area (Å²) in [6, 6.07) is 8.91. The summed E-state index contributed by atoms with van der Waals surface area (Å²) in [5.74, 6) is -0.817. The normalized spacial score (nSPS) is 10.8. The number of halogens is 2. The quantitative estimate of drug-likeness (QED) is 0.695. The lowest BCUT2D eigenvalue weighted by atomic mass is 10.1. The molecule has 3 nitrogen and oxygen atoms in total. The molecular formula is C16H13F2N3. The van der Waals surface area contributed by atoms with Gasteiger partial charge in [0.25, 0.3) is 0 Å². The number of benzene rings is 2. The molecule has 0 aliphatic heterocycles. The van der Waals surface area contributed by atoms with E-state index >= 15 is 0 Å². The van der Waals surface area contributed by atoms with Crippen molar-refractivity contribution >= 4 is 28.0 Å². The van der Waals surface area contributed by atoms with Crippen molar-refractivity contribution in [2.75, 3.05) is 11.1 Å². The third kappa shape index (κ3) is 2.38. The fraction of sp³-hybridized carbons (Fsp3) is 0.0625. The van der Waals surface area contributed by atoms with E-state index in [2.05, 4.69) is 10.3 Å². The average Bonchev–Trinajstić information content (AvgIpc) is 2.46. The van der Waals surface area contributed by atoms with Gasteiger partial charge in [-0.15, -0.1) is 0 Å². The lowest BCUT2D eigenvalue weighted by Crippen LogP contribution is -1.99. The van der Waals surface area contributed by atoms with Gasteiger partial charge in [-0.2, -0.15) is 0 Å². The number of anilines is 3. The van der Waals surface area contributed by atoms with Gasteiger partial charge in [0.05, 0.1) is 5.69 Å². The van der Waals surface area contributed by atoms with E-state index < -0.39 is 11.6 Å². The van der Waals surface area contributed by atoms with Crippen LogP contribution in [0.25, 0.3) is 10.8 Å². The third-order valence-electron chi connectivity index (χ3n) is 3.39. The summed E-state index contributed by atoms with van der Waals surface area (Å²) in [5.41, 5.74) is 7.84. The molecule has 0 atom stereocenters. The highest BCUT2D eigenvalue weighted by Gasteiger charge is 2.09. The molecule has 3 rings (SSSR count). The second-order valence-electron chi connectivity index (χ2n) is 4.80. The van der Waals surface area contributed by atoms with Crippen molar-refractivity contribution < 1.29 is 8.78 Å². The van der Waals surface area contributed by atoms with Crippen LogP contribution in [-0.2, 0) is 0 Å². The first-order chi connectivity index (χ1) is 10.1. The molecule has 3 aromatic rings. The van der Waals surface area contributed by atoms with E-state index in [4.69, 9.17) is 5.73 Å². The molecule has 2 aromatic carbocycles. The zero-order valence-corrected chi connectivity index (χ0v) is 11.3. The number of hydrogen-bond acceptors (Lipinski definition) is 3. The Labute approximate surface area is 120 Å².